The van der Waals surface area contributed by atoms with E-state index in [9.17, 15) is 22.8 Å². The lowest BCUT2D eigenvalue weighted by Gasteiger charge is -2.09. The van der Waals surface area contributed by atoms with Crippen molar-refractivity contribution in [1.29, 1.82) is 0 Å². The van der Waals surface area contributed by atoms with Crippen molar-refractivity contribution in [2.75, 3.05) is 23.5 Å². The number of hydrogen-bond acceptors (Lipinski definition) is 9. The number of rotatable bonds is 7. The van der Waals surface area contributed by atoms with Gasteiger partial charge in [0, 0.05) is 17.3 Å². The number of hydrogen-bond donors (Lipinski definition) is 2. The molecule has 0 saturated carbocycles. The summed E-state index contributed by atoms with van der Waals surface area (Å²) in [5.74, 6) is -2.29. The normalized spacial score (nSPS) is 11.2. The standard InChI is InChI=1S/C24H19ClN4O7S/c1-3-35-23(32)13-8-10-14(11-9-13)27-22(31)20-18(15-6-4-5-7-17(15)36-20)28-21(30)19-16(25)12-26-24(29-19)37(2,33)34/h4-12H,3H2,1-2H3,(H,27,31)(H,28,30). The molecule has 2 heterocycles. The Morgan fingerprint density at radius 3 is 2.41 bits per heavy atom. The van der Waals surface area contributed by atoms with Gasteiger partial charge in [0.25, 0.3) is 11.8 Å². The largest absolute Gasteiger partial charge is 0.462 e. The van der Waals surface area contributed by atoms with E-state index >= 15 is 0 Å². The summed E-state index contributed by atoms with van der Waals surface area (Å²) in [7, 11) is -3.81. The Bertz CT molecular complexity index is 1630. The van der Waals surface area contributed by atoms with E-state index in [4.69, 9.17) is 20.8 Å². The number of nitrogens with zero attached hydrogens (tertiary/aromatic N) is 2. The lowest BCUT2D eigenvalue weighted by Crippen LogP contribution is -2.19. The zero-order valence-electron chi connectivity index (χ0n) is 19.4. The first-order valence-corrected chi connectivity index (χ1v) is 13.0. The van der Waals surface area contributed by atoms with Gasteiger partial charge < -0.3 is 19.8 Å². The molecule has 0 aliphatic heterocycles. The number of amides is 2. The molecule has 0 bridgehead atoms. The fraction of sp³-hybridized carbons (Fsp3) is 0.125. The van der Waals surface area contributed by atoms with Gasteiger partial charge in [-0.05, 0) is 43.3 Å². The molecular formula is C24H19ClN4O7S. The minimum absolute atomic E-state index is 0.0248. The van der Waals surface area contributed by atoms with Gasteiger partial charge >= 0.3 is 5.97 Å². The topological polar surface area (TPSA) is 158 Å². The lowest BCUT2D eigenvalue weighted by atomic mass is 10.2. The maximum absolute atomic E-state index is 13.1. The number of aromatic nitrogens is 2. The number of anilines is 2. The number of halogens is 1. The van der Waals surface area contributed by atoms with Crippen LogP contribution in [0.2, 0.25) is 5.02 Å². The van der Waals surface area contributed by atoms with E-state index in [2.05, 4.69) is 20.6 Å². The van der Waals surface area contributed by atoms with Crippen molar-refractivity contribution in [3.8, 4) is 0 Å². The van der Waals surface area contributed by atoms with Crippen molar-refractivity contribution >= 4 is 61.6 Å². The van der Waals surface area contributed by atoms with Gasteiger partial charge in [-0.25, -0.2) is 23.2 Å². The van der Waals surface area contributed by atoms with Crippen LogP contribution in [0.15, 0.2) is 64.3 Å². The third kappa shape index (κ3) is 5.60. The molecule has 37 heavy (non-hydrogen) atoms. The van der Waals surface area contributed by atoms with Crippen LogP contribution in [0.3, 0.4) is 0 Å². The maximum atomic E-state index is 13.1. The van der Waals surface area contributed by atoms with Gasteiger partial charge in [0.1, 0.15) is 11.3 Å². The highest BCUT2D eigenvalue weighted by atomic mass is 35.5. The van der Waals surface area contributed by atoms with Crippen molar-refractivity contribution < 1.29 is 32.0 Å². The first-order valence-electron chi connectivity index (χ1n) is 10.7. The average Bonchev–Trinajstić information content (AvgIpc) is 3.22. The number of benzene rings is 2. The van der Waals surface area contributed by atoms with E-state index in [1.807, 2.05) is 0 Å². The molecule has 4 aromatic rings. The summed E-state index contributed by atoms with van der Waals surface area (Å²) in [6.07, 6.45) is 1.89. The van der Waals surface area contributed by atoms with Crippen molar-refractivity contribution in [2.24, 2.45) is 0 Å². The first kappa shape index (κ1) is 25.8. The molecule has 0 radical (unpaired) electrons. The van der Waals surface area contributed by atoms with Crippen molar-refractivity contribution in [3.63, 3.8) is 0 Å². The summed E-state index contributed by atoms with van der Waals surface area (Å²) in [6.45, 7) is 1.92. The first-order chi connectivity index (χ1) is 17.6. The van der Waals surface area contributed by atoms with Crippen LogP contribution in [0, 0.1) is 0 Å². The number of esters is 1. The molecule has 4 rings (SSSR count). The third-order valence-electron chi connectivity index (χ3n) is 4.96. The molecule has 13 heteroatoms. The molecular weight excluding hydrogens is 524 g/mol. The minimum atomic E-state index is -3.81. The fourth-order valence-corrected chi connectivity index (χ4v) is 3.96. The molecule has 11 nitrogen and oxygen atoms in total. The van der Waals surface area contributed by atoms with E-state index < -0.39 is 38.5 Å². The molecule has 2 aromatic heterocycles. The highest BCUT2D eigenvalue weighted by molar-refractivity contribution is 7.90. The predicted octanol–water partition coefficient (Wildman–Crippen LogP) is 3.96. The van der Waals surface area contributed by atoms with Crippen LogP contribution < -0.4 is 10.6 Å². The Morgan fingerprint density at radius 2 is 1.73 bits per heavy atom. The van der Waals surface area contributed by atoms with Crippen molar-refractivity contribution in [2.45, 2.75) is 12.1 Å². The van der Waals surface area contributed by atoms with Gasteiger partial charge in [-0.2, -0.15) is 0 Å². The van der Waals surface area contributed by atoms with E-state index in [0.29, 0.717) is 22.2 Å². The van der Waals surface area contributed by atoms with Crippen LogP contribution >= 0.6 is 11.6 Å². The van der Waals surface area contributed by atoms with Gasteiger partial charge in [0.05, 0.1) is 23.4 Å². The zero-order chi connectivity index (χ0) is 26.7. The third-order valence-corrected chi connectivity index (χ3v) is 6.10. The highest BCUT2D eigenvalue weighted by Crippen LogP contribution is 2.32. The Hall–Kier alpha value is -4.29. The summed E-state index contributed by atoms with van der Waals surface area (Å²) in [5.41, 5.74) is 0.602. The van der Waals surface area contributed by atoms with Crippen LogP contribution in [0.1, 0.15) is 38.3 Å². The summed E-state index contributed by atoms with van der Waals surface area (Å²) >= 11 is 6.05. The summed E-state index contributed by atoms with van der Waals surface area (Å²) in [5, 5.41) is 4.83. The van der Waals surface area contributed by atoms with Gasteiger partial charge in [-0.3, -0.25) is 9.59 Å². The number of ether oxygens (including phenoxy) is 1. The molecule has 2 aromatic carbocycles. The average molecular weight is 543 g/mol. The van der Waals surface area contributed by atoms with Crippen LogP contribution in [0.5, 0.6) is 0 Å². The number of fused-ring (bicyclic) bond motifs is 1. The quantitative estimate of drug-likeness (QED) is 0.260. The lowest BCUT2D eigenvalue weighted by molar-refractivity contribution is 0.0526. The SMILES string of the molecule is CCOC(=O)c1ccc(NC(=O)c2oc3ccccc3c2NC(=O)c2nc(S(C)(=O)=O)ncc2Cl)cc1. The molecule has 2 amide bonds. The number of para-hydroxylation sites is 1. The predicted molar refractivity (Wildman–Crippen MR) is 135 cm³/mol. The van der Waals surface area contributed by atoms with Crippen molar-refractivity contribution in [1.82, 2.24) is 9.97 Å². The molecule has 0 fully saturated rings. The zero-order valence-corrected chi connectivity index (χ0v) is 21.0. The van der Waals surface area contributed by atoms with E-state index in [-0.39, 0.29) is 23.1 Å². The number of sulfone groups is 1. The molecule has 0 atom stereocenters. The van der Waals surface area contributed by atoms with Crippen LogP contribution in [-0.4, -0.2) is 49.0 Å². The molecule has 0 aliphatic rings. The van der Waals surface area contributed by atoms with Gasteiger partial charge in [-0.1, -0.05) is 23.7 Å². The van der Waals surface area contributed by atoms with Crippen LogP contribution in [-0.2, 0) is 14.6 Å². The van der Waals surface area contributed by atoms with Crippen molar-refractivity contribution in [3.05, 3.63) is 76.8 Å². The monoisotopic (exact) mass is 542 g/mol. The van der Waals surface area contributed by atoms with Crippen LogP contribution in [0.4, 0.5) is 11.4 Å². The molecule has 0 saturated heterocycles. The molecule has 2 N–H and O–H groups in total. The minimum Gasteiger partial charge on any atom is -0.462 e. The maximum Gasteiger partial charge on any atom is 0.338 e. The summed E-state index contributed by atoms with van der Waals surface area (Å²) < 4.78 is 34.3. The van der Waals surface area contributed by atoms with Gasteiger partial charge in [0.15, 0.2) is 5.69 Å². The van der Waals surface area contributed by atoms with Gasteiger partial charge in [-0.15, -0.1) is 0 Å². The molecule has 190 valence electrons. The summed E-state index contributed by atoms with van der Waals surface area (Å²) in [6, 6.07) is 12.6. The van der Waals surface area contributed by atoms with E-state index in [1.165, 1.54) is 24.3 Å². The second-order valence-electron chi connectivity index (χ2n) is 7.63. The Labute approximate surface area is 215 Å². The molecule has 0 spiro atoms. The molecule has 0 unspecified atom stereocenters. The second-order valence-corrected chi connectivity index (χ2v) is 9.95. The Balaban J connectivity index is 1.65. The number of carbonyl (C=O) groups is 3. The second kappa shape index (κ2) is 10.4. The summed E-state index contributed by atoms with van der Waals surface area (Å²) in [4.78, 5) is 45.4. The molecule has 0 aliphatic carbocycles. The fourth-order valence-electron chi connectivity index (χ4n) is 3.28. The van der Waals surface area contributed by atoms with E-state index in [0.717, 1.165) is 12.5 Å². The Kier molecular flexibility index (Phi) is 7.23. The highest BCUT2D eigenvalue weighted by Gasteiger charge is 2.25. The smallest absolute Gasteiger partial charge is 0.338 e. The van der Waals surface area contributed by atoms with E-state index in [1.54, 1.807) is 31.2 Å². The number of nitrogens with one attached hydrogen (secondary N) is 2. The van der Waals surface area contributed by atoms with Crippen LogP contribution in [0.25, 0.3) is 11.0 Å². The Morgan fingerprint density at radius 1 is 1.03 bits per heavy atom. The number of furan rings is 1. The van der Waals surface area contributed by atoms with Gasteiger partial charge in [0.2, 0.25) is 20.8 Å². The number of carbonyl (C=O) groups excluding carboxylic acids is 3.